The summed E-state index contributed by atoms with van der Waals surface area (Å²) in [4.78, 5) is 4.13. The van der Waals surface area contributed by atoms with Crippen LogP contribution in [0.25, 0.3) is 0 Å². The molecule has 0 saturated carbocycles. The maximum absolute atomic E-state index is 4.13. The summed E-state index contributed by atoms with van der Waals surface area (Å²) in [5.41, 5.74) is 0.120. The van der Waals surface area contributed by atoms with Gasteiger partial charge in [0.25, 0.3) is 0 Å². The van der Waals surface area contributed by atoms with Crippen molar-refractivity contribution in [3.8, 4) is 0 Å². The molecule has 1 heteroatoms. The lowest BCUT2D eigenvalue weighted by Crippen LogP contribution is -2.08. The molecule has 0 saturated heterocycles. The van der Waals surface area contributed by atoms with Crippen molar-refractivity contribution >= 4 is 6.21 Å². The Kier molecular flexibility index (Phi) is 2.00. The van der Waals surface area contributed by atoms with E-state index in [1.165, 1.54) is 0 Å². The van der Waals surface area contributed by atoms with Gasteiger partial charge in [-0.2, -0.15) is 0 Å². The first-order chi connectivity index (χ1) is 3.06. The highest BCUT2D eigenvalue weighted by molar-refractivity contribution is 5.53. The van der Waals surface area contributed by atoms with E-state index in [2.05, 4.69) is 25.8 Å². The van der Waals surface area contributed by atoms with Crippen LogP contribution in [-0.2, 0) is 0 Å². The molecular weight excluding hydrogens is 86.1 g/mol. The molecule has 0 aromatic carbocycles. The first-order valence-electron chi connectivity index (χ1n) is 2.56. The lowest BCUT2D eigenvalue weighted by Gasteiger charge is -2.09. The van der Waals surface area contributed by atoms with Crippen LogP contribution in [0.4, 0.5) is 0 Å². The monoisotopic (exact) mass is 99.1 g/mol. The Morgan fingerprint density at radius 3 is 1.71 bits per heavy atom. The maximum Gasteiger partial charge on any atom is 0.0520 e. The Labute approximate surface area is 45.5 Å². The third-order valence-corrected chi connectivity index (χ3v) is 0.516. The number of hydrogen-bond donors (Lipinski definition) is 0. The van der Waals surface area contributed by atoms with Gasteiger partial charge in [0.2, 0.25) is 0 Å². The minimum absolute atomic E-state index is 0.120. The standard InChI is InChI=1S/C6H13N/c1-5-7-6(2,3)4/h5H,1-4H3. The highest BCUT2D eigenvalue weighted by Crippen LogP contribution is 2.03. The van der Waals surface area contributed by atoms with Gasteiger partial charge in [-0.1, -0.05) is 0 Å². The van der Waals surface area contributed by atoms with Crippen LogP contribution >= 0.6 is 0 Å². The van der Waals surface area contributed by atoms with Gasteiger partial charge in [0.1, 0.15) is 0 Å². The van der Waals surface area contributed by atoms with Gasteiger partial charge < -0.3 is 0 Å². The van der Waals surface area contributed by atoms with E-state index in [4.69, 9.17) is 0 Å². The molecule has 0 aromatic heterocycles. The molecule has 0 radical (unpaired) electrons. The van der Waals surface area contributed by atoms with Gasteiger partial charge in [0.05, 0.1) is 5.54 Å². The zero-order valence-electron chi connectivity index (χ0n) is 5.52. The van der Waals surface area contributed by atoms with Crippen molar-refractivity contribution in [2.45, 2.75) is 33.2 Å². The fraction of sp³-hybridized carbons (Fsp3) is 0.833. The first-order valence-corrected chi connectivity index (χ1v) is 2.56. The third-order valence-electron chi connectivity index (χ3n) is 0.516. The van der Waals surface area contributed by atoms with E-state index in [0.29, 0.717) is 0 Å². The molecule has 0 aliphatic heterocycles. The van der Waals surface area contributed by atoms with Crippen molar-refractivity contribution in [3.63, 3.8) is 0 Å². The van der Waals surface area contributed by atoms with Gasteiger partial charge in [-0.25, -0.2) is 0 Å². The van der Waals surface area contributed by atoms with Crippen molar-refractivity contribution in [2.24, 2.45) is 4.99 Å². The molecule has 1 nitrogen and oxygen atoms in total. The molecule has 0 N–H and O–H groups in total. The zero-order chi connectivity index (χ0) is 5.91. The van der Waals surface area contributed by atoms with Gasteiger partial charge in [0, 0.05) is 0 Å². The van der Waals surface area contributed by atoms with Gasteiger partial charge in [0.15, 0.2) is 0 Å². The smallest absolute Gasteiger partial charge is 0.0520 e. The first kappa shape index (κ1) is 6.67. The second-order valence-corrected chi connectivity index (χ2v) is 2.56. The van der Waals surface area contributed by atoms with Crippen LogP contribution < -0.4 is 0 Å². The van der Waals surface area contributed by atoms with Crippen molar-refractivity contribution in [1.82, 2.24) is 0 Å². The van der Waals surface area contributed by atoms with Gasteiger partial charge in [-0.05, 0) is 33.9 Å². The lowest BCUT2D eigenvalue weighted by molar-refractivity contribution is 0.586. The predicted octanol–water partition coefficient (Wildman–Crippen LogP) is 1.88. The average Bonchev–Trinajstić information content (AvgIpc) is 1.30. The molecule has 0 aromatic rings. The Hall–Kier alpha value is -0.330. The maximum atomic E-state index is 4.13. The van der Waals surface area contributed by atoms with E-state index in [0.717, 1.165) is 0 Å². The van der Waals surface area contributed by atoms with Gasteiger partial charge in [-0.3, -0.25) is 4.99 Å². The van der Waals surface area contributed by atoms with Crippen molar-refractivity contribution in [2.75, 3.05) is 0 Å². The summed E-state index contributed by atoms with van der Waals surface area (Å²) in [5, 5.41) is 0. The SMILES string of the molecule is CC=NC(C)(C)C. The summed E-state index contributed by atoms with van der Waals surface area (Å²) in [5.74, 6) is 0. The van der Waals surface area contributed by atoms with Crippen LogP contribution in [0.15, 0.2) is 4.99 Å². The van der Waals surface area contributed by atoms with Crippen LogP contribution in [0.5, 0.6) is 0 Å². The Bertz CT molecular complexity index is 66.7. The summed E-state index contributed by atoms with van der Waals surface area (Å²) >= 11 is 0. The lowest BCUT2D eigenvalue weighted by atomic mass is 10.1. The topological polar surface area (TPSA) is 12.4 Å². The largest absolute Gasteiger partial charge is 0.292 e. The molecular formula is C6H13N. The normalized spacial score (nSPS) is 13.1. The van der Waals surface area contributed by atoms with Crippen LogP contribution in [0.1, 0.15) is 27.7 Å². The Morgan fingerprint density at radius 2 is 1.71 bits per heavy atom. The van der Waals surface area contributed by atoms with Crippen molar-refractivity contribution in [1.29, 1.82) is 0 Å². The van der Waals surface area contributed by atoms with Crippen molar-refractivity contribution < 1.29 is 0 Å². The van der Waals surface area contributed by atoms with E-state index in [-0.39, 0.29) is 5.54 Å². The average molecular weight is 99.2 g/mol. The molecule has 0 spiro atoms. The second-order valence-electron chi connectivity index (χ2n) is 2.56. The van der Waals surface area contributed by atoms with Crippen LogP contribution in [-0.4, -0.2) is 11.8 Å². The summed E-state index contributed by atoms with van der Waals surface area (Å²) in [6, 6.07) is 0. The zero-order valence-corrected chi connectivity index (χ0v) is 5.52. The summed E-state index contributed by atoms with van der Waals surface area (Å²) in [6.45, 7) is 8.16. The highest BCUT2D eigenvalue weighted by Gasteiger charge is 2.02. The summed E-state index contributed by atoms with van der Waals surface area (Å²) < 4.78 is 0. The molecule has 0 heterocycles. The number of hydrogen-bond acceptors (Lipinski definition) is 1. The molecule has 0 amide bonds. The molecule has 0 aliphatic rings. The Balaban J connectivity index is 3.56. The molecule has 42 valence electrons. The van der Waals surface area contributed by atoms with E-state index in [1.807, 2.05) is 13.1 Å². The molecule has 0 rings (SSSR count). The highest BCUT2D eigenvalue weighted by atomic mass is 14.8. The van der Waals surface area contributed by atoms with E-state index in [1.54, 1.807) is 0 Å². The van der Waals surface area contributed by atoms with Gasteiger partial charge >= 0.3 is 0 Å². The molecule has 0 aliphatic carbocycles. The number of aliphatic imine (C=N–C) groups is 1. The van der Waals surface area contributed by atoms with Gasteiger partial charge in [-0.15, -0.1) is 0 Å². The molecule has 0 unspecified atom stereocenters. The minimum Gasteiger partial charge on any atom is -0.292 e. The fourth-order valence-electron chi connectivity index (χ4n) is 0.387. The van der Waals surface area contributed by atoms with E-state index < -0.39 is 0 Å². The van der Waals surface area contributed by atoms with E-state index in [9.17, 15) is 0 Å². The van der Waals surface area contributed by atoms with Crippen LogP contribution in [0, 0.1) is 0 Å². The second kappa shape index (κ2) is 2.10. The molecule has 0 fully saturated rings. The molecule has 0 bridgehead atoms. The van der Waals surface area contributed by atoms with Crippen LogP contribution in [0.2, 0.25) is 0 Å². The third kappa shape index (κ3) is 5.67. The van der Waals surface area contributed by atoms with Crippen molar-refractivity contribution in [3.05, 3.63) is 0 Å². The summed E-state index contributed by atoms with van der Waals surface area (Å²) in [7, 11) is 0. The number of rotatable bonds is 0. The fourth-order valence-corrected chi connectivity index (χ4v) is 0.387. The number of nitrogens with zero attached hydrogens (tertiary/aromatic N) is 1. The quantitative estimate of drug-likeness (QED) is 0.411. The predicted molar refractivity (Wildman–Crippen MR) is 33.9 cm³/mol. The molecule has 7 heavy (non-hydrogen) atoms. The Morgan fingerprint density at radius 1 is 1.29 bits per heavy atom. The minimum atomic E-state index is 0.120. The molecule has 0 atom stereocenters. The van der Waals surface area contributed by atoms with Crippen LogP contribution in [0.3, 0.4) is 0 Å². The van der Waals surface area contributed by atoms with E-state index >= 15 is 0 Å². The summed E-state index contributed by atoms with van der Waals surface area (Å²) in [6.07, 6.45) is 1.83.